The van der Waals surface area contributed by atoms with Gasteiger partial charge in [0.2, 0.25) is 0 Å². The van der Waals surface area contributed by atoms with Crippen molar-refractivity contribution in [1.29, 1.82) is 0 Å². The van der Waals surface area contributed by atoms with Gasteiger partial charge in [0.25, 0.3) is 0 Å². The Kier molecular flexibility index (Phi) is 4.57. The van der Waals surface area contributed by atoms with E-state index in [-0.39, 0.29) is 5.69 Å². The van der Waals surface area contributed by atoms with E-state index in [1.165, 1.54) is 11.8 Å². The summed E-state index contributed by atoms with van der Waals surface area (Å²) in [5.74, 6) is -0.722. The second kappa shape index (κ2) is 6.03. The number of aliphatic imine (C=N–C) groups is 1. The minimum absolute atomic E-state index is 0.191. The number of benzene rings is 1. The fourth-order valence-electron chi connectivity index (χ4n) is 1.87. The molecule has 0 radical (unpaired) electrons. The minimum Gasteiger partial charge on any atom is -0.333 e. The van der Waals surface area contributed by atoms with E-state index in [2.05, 4.69) is 17.2 Å². The highest BCUT2D eigenvalue weighted by atomic mass is 32.2. The molecule has 1 N–H and O–H groups in total. The number of hydrogen-bond donors (Lipinski definition) is 1. The van der Waals surface area contributed by atoms with Gasteiger partial charge in [0.05, 0.1) is 17.8 Å². The average Bonchev–Trinajstić information content (AvgIpc) is 2.78. The summed E-state index contributed by atoms with van der Waals surface area (Å²) in [7, 11) is 0. The largest absolute Gasteiger partial charge is 0.416 e. The molecule has 0 saturated carbocycles. The summed E-state index contributed by atoms with van der Waals surface area (Å²) in [5, 5.41) is 3.44. The average molecular weight is 306 g/mol. The van der Waals surface area contributed by atoms with Crippen molar-refractivity contribution in [3.05, 3.63) is 29.6 Å². The van der Waals surface area contributed by atoms with Crippen LogP contribution in [0.5, 0.6) is 0 Å². The Morgan fingerprint density at radius 3 is 2.80 bits per heavy atom. The van der Waals surface area contributed by atoms with E-state index in [9.17, 15) is 17.6 Å². The summed E-state index contributed by atoms with van der Waals surface area (Å²) in [4.78, 5) is 4.18. The molecule has 0 aliphatic carbocycles. The van der Waals surface area contributed by atoms with E-state index in [4.69, 9.17) is 0 Å². The lowest BCUT2D eigenvalue weighted by atomic mass is 10.2. The Morgan fingerprint density at radius 1 is 1.40 bits per heavy atom. The summed E-state index contributed by atoms with van der Waals surface area (Å²) in [5.41, 5.74) is -1.07. The summed E-state index contributed by atoms with van der Waals surface area (Å²) in [6.07, 6.45) is -2.50. The van der Waals surface area contributed by atoms with Gasteiger partial charge in [-0.05, 0) is 24.6 Å². The number of rotatable bonds is 3. The first-order chi connectivity index (χ1) is 9.40. The Labute approximate surface area is 118 Å². The Balaban J connectivity index is 2.10. The number of alkyl halides is 3. The van der Waals surface area contributed by atoms with Gasteiger partial charge in [-0.25, -0.2) is 4.39 Å². The molecule has 0 saturated heterocycles. The molecule has 2 nitrogen and oxygen atoms in total. The maximum Gasteiger partial charge on any atom is 0.416 e. The number of thioether (sulfide) groups is 1. The Hall–Kier alpha value is -1.24. The maximum atomic E-state index is 13.6. The fraction of sp³-hybridized carbons (Fsp3) is 0.462. The van der Waals surface area contributed by atoms with E-state index < -0.39 is 17.6 Å². The summed E-state index contributed by atoms with van der Waals surface area (Å²) in [6.45, 7) is 2.67. The first-order valence-corrected chi connectivity index (χ1v) is 7.13. The molecule has 1 aromatic rings. The lowest BCUT2D eigenvalue weighted by molar-refractivity contribution is -0.137. The monoisotopic (exact) mass is 306 g/mol. The lowest BCUT2D eigenvalue weighted by Crippen LogP contribution is -2.11. The van der Waals surface area contributed by atoms with Crippen LogP contribution in [0.15, 0.2) is 23.2 Å². The predicted octanol–water partition coefficient (Wildman–Crippen LogP) is 4.53. The number of anilines is 1. The van der Waals surface area contributed by atoms with Crippen molar-refractivity contribution in [3.63, 3.8) is 0 Å². The van der Waals surface area contributed by atoms with Gasteiger partial charge < -0.3 is 5.32 Å². The number of amidine groups is 1. The zero-order valence-corrected chi connectivity index (χ0v) is 11.6. The molecule has 20 heavy (non-hydrogen) atoms. The first kappa shape index (κ1) is 15.2. The molecule has 0 amide bonds. The molecule has 0 spiro atoms. The van der Waals surface area contributed by atoms with E-state index in [1.54, 1.807) is 0 Å². The molecular formula is C13H14F4N2S. The molecular weight excluding hydrogens is 292 g/mol. The lowest BCUT2D eigenvalue weighted by Gasteiger charge is -2.12. The zero-order chi connectivity index (χ0) is 14.8. The van der Waals surface area contributed by atoms with Crippen LogP contribution in [0.1, 0.15) is 25.3 Å². The summed E-state index contributed by atoms with van der Waals surface area (Å²) in [6, 6.07) is 2.31. The van der Waals surface area contributed by atoms with Crippen LogP contribution in [0.2, 0.25) is 0 Å². The summed E-state index contributed by atoms with van der Waals surface area (Å²) < 4.78 is 51.3. The van der Waals surface area contributed by atoms with Crippen molar-refractivity contribution in [1.82, 2.24) is 0 Å². The van der Waals surface area contributed by atoms with Crippen molar-refractivity contribution in [2.75, 3.05) is 11.9 Å². The first-order valence-electron chi connectivity index (χ1n) is 6.25. The van der Waals surface area contributed by atoms with Gasteiger partial charge in [-0.2, -0.15) is 13.2 Å². The normalized spacial score (nSPS) is 19.1. The third-order valence-electron chi connectivity index (χ3n) is 2.86. The number of hydrogen-bond acceptors (Lipinski definition) is 3. The van der Waals surface area contributed by atoms with Crippen molar-refractivity contribution in [2.45, 2.75) is 31.2 Å². The molecule has 110 valence electrons. The second-order valence-electron chi connectivity index (χ2n) is 4.49. The molecule has 1 heterocycles. The van der Waals surface area contributed by atoms with E-state index in [0.717, 1.165) is 31.0 Å². The summed E-state index contributed by atoms with van der Waals surface area (Å²) >= 11 is 1.44. The van der Waals surface area contributed by atoms with Crippen LogP contribution >= 0.6 is 11.8 Å². The third-order valence-corrected chi connectivity index (χ3v) is 4.04. The molecule has 2 rings (SSSR count). The van der Waals surface area contributed by atoms with Gasteiger partial charge in [-0.15, -0.1) is 0 Å². The Bertz CT molecular complexity index is 514. The second-order valence-corrected chi connectivity index (χ2v) is 5.78. The van der Waals surface area contributed by atoms with Gasteiger partial charge >= 0.3 is 6.18 Å². The van der Waals surface area contributed by atoms with E-state index >= 15 is 0 Å². The third kappa shape index (κ3) is 3.65. The number of nitrogens with one attached hydrogen (secondary N) is 1. The molecule has 0 bridgehead atoms. The van der Waals surface area contributed by atoms with Crippen LogP contribution in [-0.2, 0) is 6.18 Å². The van der Waals surface area contributed by atoms with Crippen LogP contribution < -0.4 is 5.32 Å². The molecule has 1 unspecified atom stereocenters. The SMILES string of the molecule is CCCC1CN=C(Nc2cc(C(F)(F)F)ccc2F)S1. The van der Waals surface area contributed by atoms with Crippen LogP contribution in [0.4, 0.5) is 23.2 Å². The van der Waals surface area contributed by atoms with Crippen molar-refractivity contribution in [3.8, 4) is 0 Å². The van der Waals surface area contributed by atoms with Gasteiger partial charge in [-0.1, -0.05) is 25.1 Å². The van der Waals surface area contributed by atoms with E-state index in [1.807, 2.05) is 0 Å². The quantitative estimate of drug-likeness (QED) is 0.830. The van der Waals surface area contributed by atoms with Crippen LogP contribution in [-0.4, -0.2) is 17.0 Å². The van der Waals surface area contributed by atoms with Crippen molar-refractivity contribution < 1.29 is 17.6 Å². The van der Waals surface area contributed by atoms with Crippen LogP contribution in [0, 0.1) is 5.82 Å². The molecule has 1 aromatic carbocycles. The smallest absolute Gasteiger partial charge is 0.333 e. The number of halogens is 4. The topological polar surface area (TPSA) is 24.4 Å². The highest BCUT2D eigenvalue weighted by Crippen LogP contribution is 2.33. The molecule has 7 heteroatoms. The zero-order valence-electron chi connectivity index (χ0n) is 10.8. The molecule has 1 aliphatic heterocycles. The predicted molar refractivity (Wildman–Crippen MR) is 73.6 cm³/mol. The molecule has 1 aliphatic rings. The van der Waals surface area contributed by atoms with Crippen molar-refractivity contribution >= 4 is 22.6 Å². The van der Waals surface area contributed by atoms with Crippen molar-refractivity contribution in [2.24, 2.45) is 4.99 Å². The highest BCUT2D eigenvalue weighted by Gasteiger charge is 2.31. The standard InChI is InChI=1S/C13H14F4N2S/c1-2-3-9-7-18-12(20-9)19-11-6-8(13(15,16)17)4-5-10(11)14/h4-6,9H,2-3,7H2,1H3,(H,18,19). The Morgan fingerprint density at radius 2 is 2.15 bits per heavy atom. The molecule has 1 atom stereocenters. The number of nitrogens with zero attached hydrogens (tertiary/aromatic N) is 1. The fourth-order valence-corrected chi connectivity index (χ4v) is 3.01. The van der Waals surface area contributed by atoms with Gasteiger partial charge in [0.1, 0.15) is 5.82 Å². The van der Waals surface area contributed by atoms with Crippen LogP contribution in [0.25, 0.3) is 0 Å². The minimum atomic E-state index is -4.49. The van der Waals surface area contributed by atoms with Gasteiger partial charge in [0, 0.05) is 5.25 Å². The molecule has 0 fully saturated rings. The van der Waals surface area contributed by atoms with Gasteiger partial charge in [0.15, 0.2) is 5.17 Å². The maximum absolute atomic E-state index is 13.6. The van der Waals surface area contributed by atoms with Crippen LogP contribution in [0.3, 0.4) is 0 Å². The van der Waals surface area contributed by atoms with E-state index in [0.29, 0.717) is 17.0 Å². The molecule has 0 aromatic heterocycles. The highest BCUT2D eigenvalue weighted by molar-refractivity contribution is 8.15. The van der Waals surface area contributed by atoms with Gasteiger partial charge in [-0.3, -0.25) is 4.99 Å².